The molecule has 0 atom stereocenters. The van der Waals surface area contributed by atoms with Gasteiger partial charge < -0.3 is 0 Å². The van der Waals surface area contributed by atoms with Gasteiger partial charge in [-0.3, -0.25) is 4.79 Å². The van der Waals surface area contributed by atoms with Crippen molar-refractivity contribution in [1.29, 1.82) is 0 Å². The van der Waals surface area contributed by atoms with Gasteiger partial charge in [-0.2, -0.15) is 0 Å². The summed E-state index contributed by atoms with van der Waals surface area (Å²) in [6, 6.07) is 17.6. The van der Waals surface area contributed by atoms with Crippen LogP contribution < -0.4 is 0 Å². The maximum Gasteiger partial charge on any atom is 0.203 e. The summed E-state index contributed by atoms with van der Waals surface area (Å²) in [7, 11) is 0. The fraction of sp³-hybridized carbons (Fsp3) is 0. The Kier molecular flexibility index (Phi) is 3.02. The molecule has 0 fully saturated rings. The Labute approximate surface area is 117 Å². The molecule has 3 aromatic rings. The number of benzene rings is 2. The van der Waals surface area contributed by atoms with Gasteiger partial charge >= 0.3 is 0 Å². The van der Waals surface area contributed by atoms with Gasteiger partial charge in [0.2, 0.25) is 5.78 Å². The number of fused-ring (bicyclic) bond motifs is 1. The summed E-state index contributed by atoms with van der Waals surface area (Å²) in [5, 5.41) is 2.25. The van der Waals surface area contributed by atoms with Gasteiger partial charge in [-0.15, -0.1) is 11.3 Å². The number of thiophene rings is 1. The number of carbonyl (C=O) groups excluding carboxylic acids is 1. The summed E-state index contributed by atoms with van der Waals surface area (Å²) in [5.41, 5.74) is 0.739. The SMILES string of the molecule is O=C(c1ccc2ccccc2c1)c1ccc(Br)s1. The third-order valence-electron chi connectivity index (χ3n) is 2.81. The Morgan fingerprint density at radius 3 is 2.44 bits per heavy atom. The number of rotatable bonds is 2. The third-order valence-corrected chi connectivity index (χ3v) is 4.43. The normalized spacial score (nSPS) is 10.7. The first-order chi connectivity index (χ1) is 8.74. The van der Waals surface area contributed by atoms with Crippen LogP contribution in [0.4, 0.5) is 0 Å². The first-order valence-electron chi connectivity index (χ1n) is 5.53. The van der Waals surface area contributed by atoms with E-state index in [2.05, 4.69) is 15.9 Å². The monoisotopic (exact) mass is 316 g/mol. The zero-order valence-electron chi connectivity index (χ0n) is 9.39. The van der Waals surface area contributed by atoms with E-state index in [1.807, 2.05) is 54.6 Å². The van der Waals surface area contributed by atoms with Gasteiger partial charge in [0.1, 0.15) is 0 Å². The predicted octanol–water partition coefficient (Wildman–Crippen LogP) is 4.89. The van der Waals surface area contributed by atoms with E-state index in [1.165, 1.54) is 11.3 Å². The maximum atomic E-state index is 12.3. The molecule has 0 aliphatic rings. The third kappa shape index (κ3) is 2.11. The Balaban J connectivity index is 2.06. The van der Waals surface area contributed by atoms with Crippen molar-refractivity contribution < 1.29 is 4.79 Å². The molecule has 1 aromatic heterocycles. The van der Waals surface area contributed by atoms with E-state index >= 15 is 0 Å². The van der Waals surface area contributed by atoms with Crippen LogP contribution in [0.25, 0.3) is 10.8 Å². The van der Waals surface area contributed by atoms with E-state index in [4.69, 9.17) is 0 Å². The minimum Gasteiger partial charge on any atom is -0.288 e. The van der Waals surface area contributed by atoms with E-state index in [1.54, 1.807) is 0 Å². The highest BCUT2D eigenvalue weighted by atomic mass is 79.9. The van der Waals surface area contributed by atoms with Gasteiger partial charge in [0.25, 0.3) is 0 Å². The molecule has 3 rings (SSSR count). The smallest absolute Gasteiger partial charge is 0.203 e. The zero-order valence-corrected chi connectivity index (χ0v) is 11.8. The Morgan fingerprint density at radius 2 is 1.72 bits per heavy atom. The molecule has 0 N–H and O–H groups in total. The van der Waals surface area contributed by atoms with Crippen molar-refractivity contribution in [2.75, 3.05) is 0 Å². The van der Waals surface area contributed by atoms with E-state index < -0.39 is 0 Å². The Morgan fingerprint density at radius 1 is 0.944 bits per heavy atom. The highest BCUT2D eigenvalue weighted by Gasteiger charge is 2.11. The van der Waals surface area contributed by atoms with Crippen LogP contribution in [0.3, 0.4) is 0 Å². The van der Waals surface area contributed by atoms with E-state index in [0.29, 0.717) is 0 Å². The first-order valence-corrected chi connectivity index (χ1v) is 7.14. The maximum absolute atomic E-state index is 12.3. The molecule has 0 unspecified atom stereocenters. The number of hydrogen-bond donors (Lipinski definition) is 0. The second kappa shape index (κ2) is 4.67. The molecule has 88 valence electrons. The lowest BCUT2D eigenvalue weighted by molar-refractivity contribution is 0.104. The lowest BCUT2D eigenvalue weighted by atomic mass is 10.0. The van der Waals surface area contributed by atoms with Crippen molar-refractivity contribution in [2.45, 2.75) is 0 Å². The molecule has 2 aromatic carbocycles. The van der Waals surface area contributed by atoms with Gasteiger partial charge in [-0.05, 0) is 44.9 Å². The minimum atomic E-state index is 0.0800. The lowest BCUT2D eigenvalue weighted by Crippen LogP contribution is -1.97. The molecule has 0 radical (unpaired) electrons. The molecule has 0 saturated carbocycles. The predicted molar refractivity (Wildman–Crippen MR) is 79.4 cm³/mol. The van der Waals surface area contributed by atoms with Crippen LogP contribution >= 0.6 is 27.3 Å². The van der Waals surface area contributed by atoms with E-state index in [-0.39, 0.29) is 5.78 Å². The number of hydrogen-bond acceptors (Lipinski definition) is 2. The van der Waals surface area contributed by atoms with Crippen molar-refractivity contribution in [3.05, 3.63) is 68.8 Å². The second-order valence-electron chi connectivity index (χ2n) is 3.99. The van der Waals surface area contributed by atoms with Crippen LogP contribution in [0.15, 0.2) is 58.4 Å². The van der Waals surface area contributed by atoms with E-state index in [9.17, 15) is 4.79 Å². The molecule has 0 aliphatic carbocycles. The summed E-state index contributed by atoms with van der Waals surface area (Å²) >= 11 is 4.84. The van der Waals surface area contributed by atoms with E-state index in [0.717, 1.165) is 25.0 Å². The standard InChI is InChI=1S/C15H9BrOS/c16-14-8-7-13(18-14)15(17)12-6-5-10-3-1-2-4-11(10)9-12/h1-9H. The molecule has 3 heteroatoms. The Hall–Kier alpha value is -1.45. The van der Waals surface area contributed by atoms with Crippen molar-refractivity contribution >= 4 is 43.8 Å². The molecule has 0 amide bonds. The minimum absolute atomic E-state index is 0.0800. The number of carbonyl (C=O) groups is 1. The van der Waals surface area contributed by atoms with Crippen molar-refractivity contribution in [2.24, 2.45) is 0 Å². The molecule has 1 nitrogen and oxygen atoms in total. The van der Waals surface area contributed by atoms with Crippen LogP contribution in [0.1, 0.15) is 15.2 Å². The van der Waals surface area contributed by atoms with Gasteiger partial charge in [-0.25, -0.2) is 0 Å². The average molecular weight is 317 g/mol. The first kappa shape index (κ1) is 11.6. The van der Waals surface area contributed by atoms with Crippen LogP contribution in [0, 0.1) is 0 Å². The summed E-state index contributed by atoms with van der Waals surface area (Å²) in [5.74, 6) is 0.0800. The summed E-state index contributed by atoms with van der Waals surface area (Å²) in [6.07, 6.45) is 0. The highest BCUT2D eigenvalue weighted by Crippen LogP contribution is 2.25. The van der Waals surface area contributed by atoms with Gasteiger partial charge in [-0.1, -0.05) is 36.4 Å². The summed E-state index contributed by atoms with van der Waals surface area (Å²) in [6.45, 7) is 0. The van der Waals surface area contributed by atoms with Gasteiger partial charge in [0.15, 0.2) is 0 Å². The number of halogens is 1. The molecule has 0 saturated heterocycles. The van der Waals surface area contributed by atoms with Gasteiger partial charge in [0, 0.05) is 5.56 Å². The van der Waals surface area contributed by atoms with Crippen LogP contribution in [0.5, 0.6) is 0 Å². The largest absolute Gasteiger partial charge is 0.288 e. The highest BCUT2D eigenvalue weighted by molar-refractivity contribution is 9.11. The topological polar surface area (TPSA) is 17.1 Å². The van der Waals surface area contributed by atoms with Crippen LogP contribution in [-0.4, -0.2) is 5.78 Å². The molecule has 0 spiro atoms. The van der Waals surface area contributed by atoms with Crippen LogP contribution in [-0.2, 0) is 0 Å². The quantitative estimate of drug-likeness (QED) is 0.615. The molecule has 18 heavy (non-hydrogen) atoms. The molecule has 0 bridgehead atoms. The van der Waals surface area contributed by atoms with Crippen LogP contribution in [0.2, 0.25) is 0 Å². The van der Waals surface area contributed by atoms with Crippen molar-refractivity contribution in [1.82, 2.24) is 0 Å². The van der Waals surface area contributed by atoms with Gasteiger partial charge in [0.05, 0.1) is 8.66 Å². The molecule has 1 heterocycles. The molecular weight excluding hydrogens is 308 g/mol. The summed E-state index contributed by atoms with van der Waals surface area (Å²) in [4.78, 5) is 13.1. The lowest BCUT2D eigenvalue weighted by Gasteiger charge is -2.01. The fourth-order valence-corrected chi connectivity index (χ4v) is 3.26. The molecule has 0 aliphatic heterocycles. The zero-order chi connectivity index (χ0) is 12.5. The van der Waals surface area contributed by atoms with Crippen molar-refractivity contribution in [3.63, 3.8) is 0 Å². The second-order valence-corrected chi connectivity index (χ2v) is 6.46. The number of ketones is 1. The average Bonchev–Trinajstić information content (AvgIpc) is 2.84. The fourth-order valence-electron chi connectivity index (χ4n) is 1.91. The summed E-state index contributed by atoms with van der Waals surface area (Å²) < 4.78 is 0.978. The Bertz CT molecular complexity index is 730. The molecular formula is C15H9BrOS. The van der Waals surface area contributed by atoms with Crippen molar-refractivity contribution in [3.8, 4) is 0 Å².